The number of nitrogen functional groups attached to an aromatic ring is 1. The summed E-state index contributed by atoms with van der Waals surface area (Å²) in [6.07, 6.45) is 5.40. The van der Waals surface area contributed by atoms with Gasteiger partial charge in [0, 0.05) is 26.0 Å². The molecule has 2 aromatic heterocycles. The summed E-state index contributed by atoms with van der Waals surface area (Å²) in [7, 11) is 2.01. The van der Waals surface area contributed by atoms with E-state index in [4.69, 9.17) is 5.73 Å². The van der Waals surface area contributed by atoms with Crippen molar-refractivity contribution in [3.63, 3.8) is 0 Å². The Morgan fingerprint density at radius 3 is 2.75 bits per heavy atom. The van der Waals surface area contributed by atoms with Gasteiger partial charge in [0.05, 0.1) is 11.9 Å². The molecule has 0 radical (unpaired) electrons. The zero-order valence-electron chi connectivity index (χ0n) is 9.17. The maximum atomic E-state index is 5.54. The van der Waals surface area contributed by atoms with E-state index in [0.29, 0.717) is 5.82 Å². The quantitative estimate of drug-likeness (QED) is 0.844. The Kier molecular flexibility index (Phi) is 3.00. The van der Waals surface area contributed by atoms with Gasteiger partial charge in [-0.15, -0.1) is 0 Å². The molecular formula is C12H14N4. The van der Waals surface area contributed by atoms with Crippen molar-refractivity contribution in [2.24, 2.45) is 0 Å². The molecule has 4 heteroatoms. The lowest BCUT2D eigenvalue weighted by Crippen LogP contribution is -2.16. The third kappa shape index (κ3) is 2.48. The molecule has 2 N–H and O–H groups in total. The number of hydrogen-bond acceptors (Lipinski definition) is 4. The maximum absolute atomic E-state index is 5.54. The first kappa shape index (κ1) is 10.4. The molecule has 2 heterocycles. The van der Waals surface area contributed by atoms with Crippen molar-refractivity contribution in [2.45, 2.75) is 6.54 Å². The molecule has 0 aliphatic carbocycles. The second-order valence-corrected chi connectivity index (χ2v) is 3.66. The van der Waals surface area contributed by atoms with E-state index in [1.165, 1.54) is 5.56 Å². The van der Waals surface area contributed by atoms with Crippen molar-refractivity contribution in [1.29, 1.82) is 0 Å². The molecule has 0 amide bonds. The van der Waals surface area contributed by atoms with Gasteiger partial charge in [0.15, 0.2) is 0 Å². The van der Waals surface area contributed by atoms with Crippen LogP contribution in [0.4, 0.5) is 11.5 Å². The van der Waals surface area contributed by atoms with Crippen LogP contribution in [-0.2, 0) is 6.54 Å². The van der Waals surface area contributed by atoms with Crippen LogP contribution in [-0.4, -0.2) is 17.0 Å². The highest BCUT2D eigenvalue weighted by molar-refractivity contribution is 5.47. The Bertz CT molecular complexity index is 438. The minimum atomic E-state index is 0.540. The van der Waals surface area contributed by atoms with Crippen molar-refractivity contribution < 1.29 is 0 Å². The monoisotopic (exact) mass is 214 g/mol. The Balaban J connectivity index is 2.09. The molecule has 0 spiro atoms. The normalized spacial score (nSPS) is 10.1. The lowest BCUT2D eigenvalue weighted by molar-refractivity contribution is 0.911. The summed E-state index contributed by atoms with van der Waals surface area (Å²) < 4.78 is 0. The molecular weight excluding hydrogens is 200 g/mol. The predicted octanol–water partition coefficient (Wildman–Crippen LogP) is 1.70. The summed E-state index contributed by atoms with van der Waals surface area (Å²) in [5, 5.41) is 0. The predicted molar refractivity (Wildman–Crippen MR) is 65.0 cm³/mol. The van der Waals surface area contributed by atoms with E-state index in [2.05, 4.69) is 14.9 Å². The van der Waals surface area contributed by atoms with Gasteiger partial charge in [-0.1, -0.05) is 6.07 Å². The third-order valence-electron chi connectivity index (χ3n) is 2.35. The molecule has 0 unspecified atom stereocenters. The molecule has 0 saturated heterocycles. The van der Waals surface area contributed by atoms with Gasteiger partial charge in [0.2, 0.25) is 0 Å². The lowest BCUT2D eigenvalue weighted by Gasteiger charge is -2.18. The average molecular weight is 214 g/mol. The highest BCUT2D eigenvalue weighted by atomic mass is 15.1. The topological polar surface area (TPSA) is 55.0 Å². The number of rotatable bonds is 3. The second-order valence-electron chi connectivity index (χ2n) is 3.66. The van der Waals surface area contributed by atoms with E-state index in [0.717, 1.165) is 12.2 Å². The summed E-state index contributed by atoms with van der Waals surface area (Å²) in [4.78, 5) is 10.2. The molecule has 2 rings (SSSR count). The van der Waals surface area contributed by atoms with Crippen LogP contribution < -0.4 is 10.6 Å². The van der Waals surface area contributed by atoms with Gasteiger partial charge in [-0.2, -0.15) is 0 Å². The zero-order valence-corrected chi connectivity index (χ0v) is 9.17. The van der Waals surface area contributed by atoms with Gasteiger partial charge in [-0.25, -0.2) is 4.98 Å². The van der Waals surface area contributed by atoms with E-state index in [9.17, 15) is 0 Å². The molecule has 0 atom stereocenters. The van der Waals surface area contributed by atoms with Crippen LogP contribution in [0.5, 0.6) is 0 Å². The summed E-state index contributed by atoms with van der Waals surface area (Å²) >= 11 is 0. The highest BCUT2D eigenvalue weighted by Gasteiger charge is 2.02. The van der Waals surface area contributed by atoms with Gasteiger partial charge in [0.1, 0.15) is 5.82 Å². The van der Waals surface area contributed by atoms with Crippen molar-refractivity contribution in [3.8, 4) is 0 Å². The Labute approximate surface area is 94.8 Å². The molecule has 16 heavy (non-hydrogen) atoms. The number of pyridine rings is 2. The summed E-state index contributed by atoms with van der Waals surface area (Å²) in [5.74, 6) is 0.540. The first-order valence-corrected chi connectivity index (χ1v) is 5.07. The molecule has 0 aliphatic rings. The van der Waals surface area contributed by atoms with Crippen molar-refractivity contribution >= 4 is 11.5 Å². The van der Waals surface area contributed by atoms with Crippen LogP contribution >= 0.6 is 0 Å². The van der Waals surface area contributed by atoms with E-state index < -0.39 is 0 Å². The van der Waals surface area contributed by atoms with Gasteiger partial charge < -0.3 is 10.6 Å². The van der Waals surface area contributed by atoms with Gasteiger partial charge in [-0.3, -0.25) is 4.98 Å². The summed E-state index contributed by atoms with van der Waals surface area (Å²) in [6, 6.07) is 7.74. The zero-order chi connectivity index (χ0) is 11.4. The molecule has 0 aromatic carbocycles. The van der Waals surface area contributed by atoms with Crippen LogP contribution in [0.15, 0.2) is 42.9 Å². The Morgan fingerprint density at radius 2 is 2.12 bits per heavy atom. The lowest BCUT2D eigenvalue weighted by atomic mass is 10.2. The fourth-order valence-corrected chi connectivity index (χ4v) is 1.48. The standard InChI is InChI=1S/C12H14N4/c1-16(9-10-3-2-6-14-7-10)11-4-5-12(13)15-8-11/h2-8H,9H2,1H3,(H2,13,15). The van der Waals surface area contributed by atoms with Crippen LogP contribution in [0.25, 0.3) is 0 Å². The van der Waals surface area contributed by atoms with Crippen LogP contribution in [0, 0.1) is 0 Å². The van der Waals surface area contributed by atoms with E-state index >= 15 is 0 Å². The average Bonchev–Trinajstić information content (AvgIpc) is 2.31. The Morgan fingerprint density at radius 1 is 1.25 bits per heavy atom. The van der Waals surface area contributed by atoms with Crippen molar-refractivity contribution in [2.75, 3.05) is 17.7 Å². The minimum absolute atomic E-state index is 0.540. The summed E-state index contributed by atoms with van der Waals surface area (Å²) in [5.41, 5.74) is 7.75. The fourth-order valence-electron chi connectivity index (χ4n) is 1.48. The van der Waals surface area contributed by atoms with Gasteiger partial charge in [0.25, 0.3) is 0 Å². The molecule has 0 aliphatic heterocycles. The summed E-state index contributed by atoms with van der Waals surface area (Å²) in [6.45, 7) is 0.805. The van der Waals surface area contributed by atoms with E-state index in [1.54, 1.807) is 18.5 Å². The molecule has 0 fully saturated rings. The SMILES string of the molecule is CN(Cc1cccnc1)c1ccc(N)nc1. The number of aromatic nitrogens is 2. The van der Waals surface area contributed by atoms with Gasteiger partial charge >= 0.3 is 0 Å². The minimum Gasteiger partial charge on any atom is -0.384 e. The molecule has 4 nitrogen and oxygen atoms in total. The number of nitrogens with zero attached hydrogens (tertiary/aromatic N) is 3. The fraction of sp³-hybridized carbons (Fsp3) is 0.167. The number of hydrogen-bond donors (Lipinski definition) is 1. The Hall–Kier alpha value is -2.10. The molecule has 2 aromatic rings. The van der Waals surface area contributed by atoms with Crippen LogP contribution in [0.2, 0.25) is 0 Å². The van der Waals surface area contributed by atoms with Crippen LogP contribution in [0.3, 0.4) is 0 Å². The van der Waals surface area contributed by atoms with E-state index in [-0.39, 0.29) is 0 Å². The molecule has 82 valence electrons. The molecule has 0 saturated carbocycles. The van der Waals surface area contributed by atoms with Gasteiger partial charge in [-0.05, 0) is 23.8 Å². The second kappa shape index (κ2) is 4.61. The highest BCUT2D eigenvalue weighted by Crippen LogP contribution is 2.14. The first-order valence-electron chi connectivity index (χ1n) is 5.07. The number of anilines is 2. The third-order valence-corrected chi connectivity index (χ3v) is 2.35. The smallest absolute Gasteiger partial charge is 0.123 e. The first-order chi connectivity index (χ1) is 7.75. The molecule has 0 bridgehead atoms. The maximum Gasteiger partial charge on any atom is 0.123 e. The van der Waals surface area contributed by atoms with E-state index in [1.807, 2.05) is 31.4 Å². The largest absolute Gasteiger partial charge is 0.384 e. The number of nitrogens with two attached hydrogens (primary N) is 1. The van der Waals surface area contributed by atoms with Crippen molar-refractivity contribution in [1.82, 2.24) is 9.97 Å². The van der Waals surface area contributed by atoms with Crippen molar-refractivity contribution in [3.05, 3.63) is 48.4 Å². The van der Waals surface area contributed by atoms with Crippen LogP contribution in [0.1, 0.15) is 5.56 Å².